The Balaban J connectivity index is 2.49. The maximum Gasteiger partial charge on any atom is 0.150 e. The summed E-state index contributed by atoms with van der Waals surface area (Å²) in [5, 5.41) is 0. The molecule has 3 nitrogen and oxygen atoms in total. The van der Waals surface area contributed by atoms with E-state index in [9.17, 15) is 13.2 Å². The number of hydrogen-bond donors (Lipinski definition) is 0. The van der Waals surface area contributed by atoms with E-state index in [1.165, 1.54) is 0 Å². The van der Waals surface area contributed by atoms with E-state index in [-0.39, 0.29) is 17.4 Å². The van der Waals surface area contributed by atoms with Crippen LogP contribution in [0.25, 0.3) is 0 Å². The molecule has 1 saturated heterocycles. The van der Waals surface area contributed by atoms with Gasteiger partial charge in [-0.15, -0.1) is 0 Å². The van der Waals surface area contributed by atoms with Gasteiger partial charge in [-0.25, -0.2) is 8.42 Å². The summed E-state index contributed by atoms with van der Waals surface area (Å²) in [4.78, 5) is 10.2. The third-order valence-corrected chi connectivity index (χ3v) is 3.88. The van der Waals surface area contributed by atoms with E-state index in [4.69, 9.17) is 0 Å². The van der Waals surface area contributed by atoms with Gasteiger partial charge in [0.1, 0.15) is 6.29 Å². The van der Waals surface area contributed by atoms with Crippen molar-refractivity contribution in [3.63, 3.8) is 0 Å². The van der Waals surface area contributed by atoms with Gasteiger partial charge in [0.25, 0.3) is 0 Å². The topological polar surface area (TPSA) is 51.2 Å². The SMILES string of the molecule is C=C(C=O)CC1CCS(=O)(=O)C1. The molecular formula is C8H12O3S. The van der Waals surface area contributed by atoms with E-state index < -0.39 is 9.84 Å². The number of allylic oxidation sites excluding steroid dienone is 1. The van der Waals surface area contributed by atoms with Crippen molar-refractivity contribution in [2.24, 2.45) is 5.92 Å². The van der Waals surface area contributed by atoms with Gasteiger partial charge in [0.05, 0.1) is 11.5 Å². The fourth-order valence-electron chi connectivity index (χ4n) is 1.45. The molecule has 1 unspecified atom stereocenters. The van der Waals surface area contributed by atoms with Crippen molar-refractivity contribution >= 4 is 16.1 Å². The van der Waals surface area contributed by atoms with Crippen molar-refractivity contribution in [3.8, 4) is 0 Å². The third-order valence-electron chi connectivity index (χ3n) is 2.04. The number of hydrogen-bond acceptors (Lipinski definition) is 3. The Morgan fingerprint density at radius 3 is 2.67 bits per heavy atom. The number of carbonyl (C=O) groups is 1. The summed E-state index contributed by atoms with van der Waals surface area (Å²) in [6.45, 7) is 3.52. The van der Waals surface area contributed by atoms with Crippen molar-refractivity contribution in [1.82, 2.24) is 0 Å². The predicted molar refractivity (Wildman–Crippen MR) is 46.6 cm³/mol. The van der Waals surface area contributed by atoms with Gasteiger partial charge in [-0.1, -0.05) is 6.58 Å². The summed E-state index contributed by atoms with van der Waals surface area (Å²) < 4.78 is 22.0. The van der Waals surface area contributed by atoms with Crippen molar-refractivity contribution in [1.29, 1.82) is 0 Å². The predicted octanol–water partition coefficient (Wildman–Crippen LogP) is 0.566. The monoisotopic (exact) mass is 188 g/mol. The minimum Gasteiger partial charge on any atom is -0.298 e. The number of rotatable bonds is 3. The molecule has 1 heterocycles. The zero-order valence-corrected chi connectivity index (χ0v) is 7.64. The van der Waals surface area contributed by atoms with Gasteiger partial charge in [0.15, 0.2) is 9.84 Å². The lowest BCUT2D eigenvalue weighted by Gasteiger charge is -2.04. The Labute approximate surface area is 72.4 Å². The molecule has 0 amide bonds. The van der Waals surface area contributed by atoms with Gasteiger partial charge in [0.2, 0.25) is 0 Å². The molecule has 0 aliphatic carbocycles. The van der Waals surface area contributed by atoms with Gasteiger partial charge in [-0.2, -0.15) is 0 Å². The van der Waals surface area contributed by atoms with Crippen LogP contribution in [0.5, 0.6) is 0 Å². The summed E-state index contributed by atoms with van der Waals surface area (Å²) in [6.07, 6.45) is 1.91. The lowest BCUT2D eigenvalue weighted by molar-refractivity contribution is -0.105. The standard InChI is InChI=1S/C8H12O3S/c1-7(5-9)4-8-2-3-12(10,11)6-8/h5,8H,1-4,6H2. The zero-order valence-electron chi connectivity index (χ0n) is 6.82. The molecule has 0 radical (unpaired) electrons. The van der Waals surface area contributed by atoms with Gasteiger partial charge >= 0.3 is 0 Å². The van der Waals surface area contributed by atoms with Crippen LogP contribution in [0, 0.1) is 5.92 Å². The lowest BCUT2D eigenvalue weighted by atomic mass is 10.0. The maximum absolute atomic E-state index is 11.0. The molecule has 12 heavy (non-hydrogen) atoms. The molecule has 0 bridgehead atoms. The van der Waals surface area contributed by atoms with E-state index in [1.54, 1.807) is 0 Å². The largest absolute Gasteiger partial charge is 0.298 e. The van der Waals surface area contributed by atoms with Crippen LogP contribution in [0.1, 0.15) is 12.8 Å². The van der Waals surface area contributed by atoms with Crippen LogP contribution in [0.2, 0.25) is 0 Å². The summed E-state index contributed by atoms with van der Waals surface area (Å²) in [6, 6.07) is 0. The normalized spacial score (nSPS) is 26.8. The molecule has 0 N–H and O–H groups in total. The molecule has 0 aromatic rings. The van der Waals surface area contributed by atoms with E-state index in [1.807, 2.05) is 0 Å². The zero-order chi connectivity index (χ0) is 9.19. The smallest absolute Gasteiger partial charge is 0.150 e. The average molecular weight is 188 g/mol. The summed E-state index contributed by atoms with van der Waals surface area (Å²) in [5.74, 6) is 0.608. The molecule has 1 atom stereocenters. The molecule has 0 aromatic carbocycles. The molecule has 1 aliphatic rings. The molecule has 1 aliphatic heterocycles. The molecule has 1 fully saturated rings. The Hall–Kier alpha value is -0.640. The lowest BCUT2D eigenvalue weighted by Crippen LogP contribution is -2.05. The first-order valence-electron chi connectivity index (χ1n) is 3.87. The Bertz CT molecular complexity index is 289. The Morgan fingerprint density at radius 1 is 1.58 bits per heavy atom. The van der Waals surface area contributed by atoms with Gasteiger partial charge in [0, 0.05) is 0 Å². The number of carbonyl (C=O) groups excluding carboxylic acids is 1. The third kappa shape index (κ3) is 2.44. The fourth-order valence-corrected chi connectivity index (χ4v) is 3.31. The Kier molecular flexibility index (Phi) is 2.67. The van der Waals surface area contributed by atoms with E-state index in [0.717, 1.165) is 0 Å². The second kappa shape index (κ2) is 3.39. The molecule has 4 heteroatoms. The molecule has 68 valence electrons. The number of sulfone groups is 1. The van der Waals surface area contributed by atoms with Crippen LogP contribution in [-0.4, -0.2) is 26.2 Å². The molecule has 0 aromatic heterocycles. The fraction of sp³-hybridized carbons (Fsp3) is 0.625. The Morgan fingerprint density at radius 2 is 2.25 bits per heavy atom. The molecule has 0 spiro atoms. The van der Waals surface area contributed by atoms with Gasteiger partial charge in [-0.05, 0) is 24.3 Å². The van der Waals surface area contributed by atoms with Crippen LogP contribution in [0.15, 0.2) is 12.2 Å². The van der Waals surface area contributed by atoms with Gasteiger partial charge in [-0.3, -0.25) is 4.79 Å². The van der Waals surface area contributed by atoms with E-state index in [2.05, 4.69) is 6.58 Å². The second-order valence-corrected chi connectivity index (χ2v) is 5.48. The van der Waals surface area contributed by atoms with Crippen LogP contribution < -0.4 is 0 Å². The minimum absolute atomic E-state index is 0.118. The maximum atomic E-state index is 11.0. The highest BCUT2D eigenvalue weighted by Gasteiger charge is 2.27. The average Bonchev–Trinajstić information content (AvgIpc) is 2.30. The molecule has 1 rings (SSSR count). The van der Waals surface area contributed by atoms with Crippen molar-refractivity contribution in [2.45, 2.75) is 12.8 Å². The minimum atomic E-state index is -2.81. The first kappa shape index (κ1) is 9.45. The van der Waals surface area contributed by atoms with Crippen molar-refractivity contribution < 1.29 is 13.2 Å². The highest BCUT2D eigenvalue weighted by atomic mass is 32.2. The highest BCUT2D eigenvalue weighted by Crippen LogP contribution is 2.23. The van der Waals surface area contributed by atoms with E-state index >= 15 is 0 Å². The first-order chi connectivity index (χ1) is 5.53. The number of aldehydes is 1. The molecule has 0 saturated carbocycles. The first-order valence-corrected chi connectivity index (χ1v) is 5.69. The van der Waals surface area contributed by atoms with Crippen LogP contribution >= 0.6 is 0 Å². The van der Waals surface area contributed by atoms with Crippen molar-refractivity contribution in [2.75, 3.05) is 11.5 Å². The second-order valence-electron chi connectivity index (χ2n) is 3.25. The quantitative estimate of drug-likeness (QED) is 0.480. The van der Waals surface area contributed by atoms with Crippen molar-refractivity contribution in [3.05, 3.63) is 12.2 Å². The van der Waals surface area contributed by atoms with E-state index in [0.29, 0.717) is 24.7 Å². The van der Waals surface area contributed by atoms with Crippen LogP contribution in [0.4, 0.5) is 0 Å². The highest BCUT2D eigenvalue weighted by molar-refractivity contribution is 7.91. The molecular weight excluding hydrogens is 176 g/mol. The summed E-state index contributed by atoms with van der Waals surface area (Å²) in [5.41, 5.74) is 0.497. The summed E-state index contributed by atoms with van der Waals surface area (Å²) >= 11 is 0. The van der Waals surface area contributed by atoms with Gasteiger partial charge < -0.3 is 0 Å². The summed E-state index contributed by atoms with van der Waals surface area (Å²) in [7, 11) is -2.81. The van der Waals surface area contributed by atoms with Crippen LogP contribution in [-0.2, 0) is 14.6 Å². The van der Waals surface area contributed by atoms with Crippen LogP contribution in [0.3, 0.4) is 0 Å².